The maximum absolute atomic E-state index is 5.44. The topological polar surface area (TPSA) is 29.3 Å². The summed E-state index contributed by atoms with van der Waals surface area (Å²) >= 11 is 0. The second-order valence-electron chi connectivity index (χ2n) is 4.21. The van der Waals surface area contributed by atoms with Crippen LogP contribution in [-0.2, 0) is 0 Å². The van der Waals surface area contributed by atoms with Crippen LogP contribution in [0, 0.1) is 0 Å². The molecule has 0 rings (SSSR count). The Labute approximate surface area is 89.9 Å². The predicted molar refractivity (Wildman–Crippen MR) is 64.5 cm³/mol. The molecule has 0 saturated carbocycles. The van der Waals surface area contributed by atoms with Gasteiger partial charge in [0.1, 0.15) is 0 Å². The number of nitrogens with two attached hydrogens (primary N) is 1. The molecule has 0 amide bonds. The fourth-order valence-electron chi connectivity index (χ4n) is 1.60. The van der Waals surface area contributed by atoms with Crippen molar-refractivity contribution in [2.45, 2.75) is 51.9 Å². The van der Waals surface area contributed by atoms with Gasteiger partial charge in [0.15, 0.2) is 0 Å². The van der Waals surface area contributed by atoms with E-state index in [0.29, 0.717) is 0 Å². The van der Waals surface area contributed by atoms with Crippen molar-refractivity contribution in [3.8, 4) is 0 Å². The molecule has 2 N–H and O–H groups in total. The molecule has 0 atom stereocenters. The van der Waals surface area contributed by atoms with Crippen molar-refractivity contribution in [2.24, 2.45) is 5.73 Å². The van der Waals surface area contributed by atoms with E-state index in [2.05, 4.69) is 18.9 Å². The van der Waals surface area contributed by atoms with E-state index >= 15 is 0 Å². The highest BCUT2D eigenvalue weighted by Gasteiger charge is 1.96. The summed E-state index contributed by atoms with van der Waals surface area (Å²) < 4.78 is 0. The molecule has 0 bridgehead atoms. The lowest BCUT2D eigenvalue weighted by atomic mass is 10.1. The molecule has 0 saturated heterocycles. The molecule has 0 aromatic rings. The van der Waals surface area contributed by atoms with Gasteiger partial charge in [-0.1, -0.05) is 32.6 Å². The number of unbranched alkanes of at least 4 members (excludes halogenated alkanes) is 5. The molecule has 14 heavy (non-hydrogen) atoms. The first kappa shape index (κ1) is 13.9. The van der Waals surface area contributed by atoms with Gasteiger partial charge >= 0.3 is 0 Å². The number of rotatable bonds is 10. The van der Waals surface area contributed by atoms with Crippen LogP contribution in [0.3, 0.4) is 0 Å². The van der Waals surface area contributed by atoms with E-state index in [0.717, 1.165) is 6.54 Å². The van der Waals surface area contributed by atoms with E-state index in [9.17, 15) is 0 Å². The molecule has 86 valence electrons. The zero-order valence-electron chi connectivity index (χ0n) is 10.1. The van der Waals surface area contributed by atoms with Gasteiger partial charge in [-0.15, -0.1) is 0 Å². The van der Waals surface area contributed by atoms with Crippen molar-refractivity contribution in [3.63, 3.8) is 0 Å². The molecule has 0 radical (unpaired) electrons. The number of nitrogens with zero attached hydrogens (tertiary/aromatic N) is 1. The first-order valence-electron chi connectivity index (χ1n) is 6.20. The SMILES string of the molecule is CCCCN(C)CCCCCCCN. The van der Waals surface area contributed by atoms with Crippen LogP contribution in [-0.4, -0.2) is 31.6 Å². The number of hydrogen-bond donors (Lipinski definition) is 1. The van der Waals surface area contributed by atoms with E-state index < -0.39 is 0 Å². The second kappa shape index (κ2) is 11.0. The van der Waals surface area contributed by atoms with Gasteiger partial charge in [0.2, 0.25) is 0 Å². The Bertz CT molecular complexity index is 104. The van der Waals surface area contributed by atoms with Crippen LogP contribution in [0.4, 0.5) is 0 Å². The average molecular weight is 200 g/mol. The van der Waals surface area contributed by atoms with Crippen LogP contribution in [0.5, 0.6) is 0 Å². The van der Waals surface area contributed by atoms with Crippen LogP contribution < -0.4 is 5.73 Å². The first-order valence-corrected chi connectivity index (χ1v) is 6.20. The van der Waals surface area contributed by atoms with E-state index in [1.165, 1.54) is 58.0 Å². The van der Waals surface area contributed by atoms with Gasteiger partial charge in [-0.3, -0.25) is 0 Å². The van der Waals surface area contributed by atoms with Crippen LogP contribution in [0.1, 0.15) is 51.9 Å². The first-order chi connectivity index (χ1) is 6.81. The quantitative estimate of drug-likeness (QED) is 0.549. The van der Waals surface area contributed by atoms with Gasteiger partial charge in [-0.25, -0.2) is 0 Å². The smallest absolute Gasteiger partial charge is 0.00218 e. The molecular weight excluding hydrogens is 172 g/mol. The number of hydrogen-bond acceptors (Lipinski definition) is 2. The summed E-state index contributed by atoms with van der Waals surface area (Å²) in [5.74, 6) is 0. The van der Waals surface area contributed by atoms with E-state index in [4.69, 9.17) is 5.73 Å². The fourth-order valence-corrected chi connectivity index (χ4v) is 1.60. The zero-order chi connectivity index (χ0) is 10.6. The van der Waals surface area contributed by atoms with Gasteiger partial charge in [0.25, 0.3) is 0 Å². The third-order valence-corrected chi connectivity index (χ3v) is 2.64. The molecule has 2 heteroatoms. The predicted octanol–water partition coefficient (Wildman–Crippen LogP) is 2.63. The van der Waals surface area contributed by atoms with Crippen molar-refractivity contribution >= 4 is 0 Å². The second-order valence-corrected chi connectivity index (χ2v) is 4.21. The maximum Gasteiger partial charge on any atom is -0.00218 e. The Hall–Kier alpha value is -0.0800. The highest BCUT2D eigenvalue weighted by molar-refractivity contribution is 4.52. The largest absolute Gasteiger partial charge is 0.330 e. The average Bonchev–Trinajstić information content (AvgIpc) is 2.20. The van der Waals surface area contributed by atoms with Gasteiger partial charge < -0.3 is 10.6 Å². The maximum atomic E-state index is 5.44. The summed E-state index contributed by atoms with van der Waals surface area (Å²) in [5.41, 5.74) is 5.44. The standard InChI is InChI=1S/C12H28N2/c1-3-4-11-14(2)12-9-7-5-6-8-10-13/h3-13H2,1-2H3. The minimum atomic E-state index is 0.858. The van der Waals surface area contributed by atoms with Crippen LogP contribution in [0.25, 0.3) is 0 Å². The monoisotopic (exact) mass is 200 g/mol. The zero-order valence-corrected chi connectivity index (χ0v) is 10.1. The summed E-state index contributed by atoms with van der Waals surface area (Å²) in [6.07, 6.45) is 9.24. The Morgan fingerprint density at radius 2 is 1.43 bits per heavy atom. The van der Waals surface area contributed by atoms with Crippen LogP contribution >= 0.6 is 0 Å². The minimum Gasteiger partial charge on any atom is -0.330 e. The van der Waals surface area contributed by atoms with E-state index in [-0.39, 0.29) is 0 Å². The van der Waals surface area contributed by atoms with Gasteiger partial charge in [-0.2, -0.15) is 0 Å². The lowest BCUT2D eigenvalue weighted by Gasteiger charge is -2.15. The van der Waals surface area contributed by atoms with Crippen molar-refractivity contribution < 1.29 is 0 Å². The highest BCUT2D eigenvalue weighted by Crippen LogP contribution is 2.03. The molecule has 0 aliphatic carbocycles. The fraction of sp³-hybridized carbons (Fsp3) is 1.00. The van der Waals surface area contributed by atoms with Crippen LogP contribution in [0.2, 0.25) is 0 Å². The van der Waals surface area contributed by atoms with Gasteiger partial charge in [0.05, 0.1) is 0 Å². The molecule has 0 aliphatic rings. The van der Waals surface area contributed by atoms with E-state index in [1.54, 1.807) is 0 Å². The Balaban J connectivity index is 3.02. The molecular formula is C12H28N2. The highest BCUT2D eigenvalue weighted by atomic mass is 15.1. The van der Waals surface area contributed by atoms with Crippen molar-refractivity contribution in [1.82, 2.24) is 4.90 Å². The molecule has 2 nitrogen and oxygen atoms in total. The lowest BCUT2D eigenvalue weighted by molar-refractivity contribution is 0.318. The Morgan fingerprint density at radius 1 is 0.857 bits per heavy atom. The molecule has 0 aliphatic heterocycles. The van der Waals surface area contributed by atoms with E-state index in [1.807, 2.05) is 0 Å². The van der Waals surface area contributed by atoms with Crippen molar-refractivity contribution in [3.05, 3.63) is 0 Å². The molecule has 0 unspecified atom stereocenters. The molecule has 0 aromatic heterocycles. The Kier molecular flexibility index (Phi) is 10.9. The third-order valence-electron chi connectivity index (χ3n) is 2.64. The summed E-state index contributed by atoms with van der Waals surface area (Å²) in [4.78, 5) is 2.45. The minimum absolute atomic E-state index is 0.858. The van der Waals surface area contributed by atoms with Gasteiger partial charge in [0, 0.05) is 0 Å². The summed E-state index contributed by atoms with van der Waals surface area (Å²) in [7, 11) is 2.23. The molecule has 0 spiro atoms. The molecule has 0 fully saturated rings. The van der Waals surface area contributed by atoms with Crippen molar-refractivity contribution in [2.75, 3.05) is 26.7 Å². The van der Waals surface area contributed by atoms with Crippen molar-refractivity contribution in [1.29, 1.82) is 0 Å². The van der Waals surface area contributed by atoms with Crippen LogP contribution in [0.15, 0.2) is 0 Å². The Morgan fingerprint density at radius 3 is 2.07 bits per heavy atom. The van der Waals surface area contributed by atoms with Gasteiger partial charge in [-0.05, 0) is 45.9 Å². The summed E-state index contributed by atoms with van der Waals surface area (Å²) in [5, 5.41) is 0. The summed E-state index contributed by atoms with van der Waals surface area (Å²) in [6, 6.07) is 0. The molecule has 0 heterocycles. The third kappa shape index (κ3) is 10.0. The molecule has 0 aromatic carbocycles. The summed E-state index contributed by atoms with van der Waals surface area (Å²) in [6.45, 7) is 5.64. The normalized spacial score (nSPS) is 11.1. The lowest BCUT2D eigenvalue weighted by Crippen LogP contribution is -2.20.